The number of amides is 1. The summed E-state index contributed by atoms with van der Waals surface area (Å²) in [5, 5.41) is 6.65. The van der Waals surface area contributed by atoms with E-state index in [9.17, 15) is 4.79 Å². The van der Waals surface area contributed by atoms with E-state index in [4.69, 9.17) is 10.3 Å². The Labute approximate surface area is 107 Å². The van der Waals surface area contributed by atoms with Crippen molar-refractivity contribution < 1.29 is 9.32 Å². The van der Waals surface area contributed by atoms with Gasteiger partial charge in [-0.3, -0.25) is 4.79 Å². The highest BCUT2D eigenvalue weighted by Crippen LogP contribution is 2.24. The van der Waals surface area contributed by atoms with Gasteiger partial charge in [-0.1, -0.05) is 11.6 Å². The molecule has 17 heavy (non-hydrogen) atoms. The number of nitrogens with two attached hydrogens (primary N) is 1. The van der Waals surface area contributed by atoms with Crippen molar-refractivity contribution in [1.82, 2.24) is 10.5 Å². The van der Waals surface area contributed by atoms with E-state index in [1.807, 2.05) is 0 Å². The summed E-state index contributed by atoms with van der Waals surface area (Å²) in [5.41, 5.74) is 6.37. The first kappa shape index (κ1) is 14.0. The molecule has 1 heterocycles. The lowest BCUT2D eigenvalue weighted by Crippen LogP contribution is -2.39. The number of nitrogens with one attached hydrogen (secondary N) is 1. The van der Waals surface area contributed by atoms with Crippen molar-refractivity contribution in [2.24, 2.45) is 11.7 Å². The number of rotatable bonds is 3. The van der Waals surface area contributed by atoms with Gasteiger partial charge < -0.3 is 15.6 Å². The summed E-state index contributed by atoms with van der Waals surface area (Å²) < 4.78 is 4.91. The highest BCUT2D eigenvalue weighted by molar-refractivity contribution is 5.91. The highest BCUT2D eigenvalue weighted by atomic mass is 35.5. The SMILES string of the molecule is Cc1cc(C(=O)NC2CCCC2CN)on1.Cl. The molecule has 0 bridgehead atoms. The standard InChI is InChI=1S/C11H17N3O2.ClH/c1-7-5-10(16-14-7)11(15)13-9-4-2-3-8(9)6-12;/h5,8-9H,2-4,6,12H2,1H3,(H,13,15);1H. The number of hydrogen-bond acceptors (Lipinski definition) is 4. The van der Waals surface area contributed by atoms with Crippen LogP contribution in [0, 0.1) is 12.8 Å². The van der Waals surface area contributed by atoms with Gasteiger partial charge in [-0.2, -0.15) is 0 Å². The number of carbonyl (C=O) groups is 1. The zero-order valence-corrected chi connectivity index (χ0v) is 10.6. The number of carbonyl (C=O) groups excluding carboxylic acids is 1. The third-order valence-corrected chi connectivity index (χ3v) is 3.13. The van der Waals surface area contributed by atoms with Gasteiger partial charge in [-0.25, -0.2) is 0 Å². The third kappa shape index (κ3) is 3.20. The molecule has 1 saturated carbocycles. The molecule has 0 spiro atoms. The second-order valence-electron chi connectivity index (χ2n) is 4.34. The van der Waals surface area contributed by atoms with Crippen LogP contribution in [0.4, 0.5) is 0 Å². The lowest BCUT2D eigenvalue weighted by Gasteiger charge is -2.18. The minimum Gasteiger partial charge on any atom is -0.351 e. The number of aromatic nitrogens is 1. The number of aryl methyl sites for hydroxylation is 1. The maximum atomic E-state index is 11.8. The van der Waals surface area contributed by atoms with E-state index in [2.05, 4.69) is 10.5 Å². The van der Waals surface area contributed by atoms with Gasteiger partial charge in [0.1, 0.15) is 0 Å². The van der Waals surface area contributed by atoms with E-state index in [1.54, 1.807) is 13.0 Å². The molecule has 0 aromatic carbocycles. The Morgan fingerprint density at radius 2 is 2.41 bits per heavy atom. The van der Waals surface area contributed by atoms with Crippen LogP contribution >= 0.6 is 12.4 Å². The molecule has 1 fully saturated rings. The predicted molar refractivity (Wildman–Crippen MR) is 66.1 cm³/mol. The summed E-state index contributed by atoms with van der Waals surface area (Å²) in [6, 6.07) is 1.82. The molecule has 2 unspecified atom stereocenters. The Hall–Kier alpha value is -1.07. The van der Waals surface area contributed by atoms with E-state index >= 15 is 0 Å². The van der Waals surface area contributed by atoms with Crippen molar-refractivity contribution in [3.63, 3.8) is 0 Å². The van der Waals surface area contributed by atoms with Crippen molar-refractivity contribution in [1.29, 1.82) is 0 Å². The Morgan fingerprint density at radius 3 is 3.00 bits per heavy atom. The lowest BCUT2D eigenvalue weighted by molar-refractivity contribution is 0.0891. The Morgan fingerprint density at radius 1 is 1.65 bits per heavy atom. The minimum absolute atomic E-state index is 0. The van der Waals surface area contributed by atoms with Crippen LogP contribution in [0.2, 0.25) is 0 Å². The molecule has 1 aromatic rings. The van der Waals surface area contributed by atoms with E-state index in [0.29, 0.717) is 18.2 Å². The summed E-state index contributed by atoms with van der Waals surface area (Å²) >= 11 is 0. The summed E-state index contributed by atoms with van der Waals surface area (Å²) in [5.74, 6) is 0.485. The average molecular weight is 260 g/mol. The second kappa shape index (κ2) is 6.02. The summed E-state index contributed by atoms with van der Waals surface area (Å²) in [4.78, 5) is 11.8. The highest BCUT2D eigenvalue weighted by Gasteiger charge is 2.28. The molecule has 2 atom stereocenters. The van der Waals surface area contributed by atoms with Crippen molar-refractivity contribution in [3.05, 3.63) is 17.5 Å². The predicted octanol–water partition coefficient (Wildman–Crippen LogP) is 1.26. The number of halogens is 1. The molecule has 0 saturated heterocycles. The van der Waals surface area contributed by atoms with Crippen LogP contribution in [0.5, 0.6) is 0 Å². The van der Waals surface area contributed by atoms with Crippen LogP contribution in [-0.4, -0.2) is 23.7 Å². The van der Waals surface area contributed by atoms with Crippen LogP contribution in [0.1, 0.15) is 35.5 Å². The molecule has 6 heteroatoms. The number of hydrogen-bond donors (Lipinski definition) is 2. The van der Waals surface area contributed by atoms with Gasteiger partial charge in [0.05, 0.1) is 5.69 Å². The van der Waals surface area contributed by atoms with Gasteiger partial charge in [0.25, 0.3) is 5.91 Å². The summed E-state index contributed by atoms with van der Waals surface area (Å²) in [6.45, 7) is 2.42. The van der Waals surface area contributed by atoms with Crippen molar-refractivity contribution in [2.45, 2.75) is 32.2 Å². The molecule has 1 aliphatic rings. The first-order valence-corrected chi connectivity index (χ1v) is 5.65. The van der Waals surface area contributed by atoms with E-state index < -0.39 is 0 Å². The van der Waals surface area contributed by atoms with Gasteiger partial charge in [-0.15, -0.1) is 12.4 Å². The van der Waals surface area contributed by atoms with Crippen molar-refractivity contribution in [3.8, 4) is 0 Å². The maximum absolute atomic E-state index is 11.8. The van der Waals surface area contributed by atoms with E-state index in [1.165, 1.54) is 0 Å². The molecule has 2 rings (SSSR count). The summed E-state index contributed by atoms with van der Waals surface area (Å²) in [6.07, 6.45) is 3.22. The van der Waals surface area contributed by atoms with Gasteiger partial charge >= 0.3 is 0 Å². The van der Waals surface area contributed by atoms with Gasteiger partial charge in [0, 0.05) is 12.1 Å². The van der Waals surface area contributed by atoms with Crippen LogP contribution in [0.25, 0.3) is 0 Å². The fourth-order valence-corrected chi connectivity index (χ4v) is 2.22. The van der Waals surface area contributed by atoms with E-state index in [0.717, 1.165) is 19.3 Å². The van der Waals surface area contributed by atoms with Crippen LogP contribution < -0.4 is 11.1 Å². The largest absolute Gasteiger partial charge is 0.351 e. The molecule has 1 aromatic heterocycles. The average Bonchev–Trinajstić information content (AvgIpc) is 2.86. The van der Waals surface area contributed by atoms with Gasteiger partial charge in [-0.05, 0) is 32.2 Å². The van der Waals surface area contributed by atoms with Crippen LogP contribution in [0.15, 0.2) is 10.6 Å². The zero-order valence-electron chi connectivity index (χ0n) is 9.81. The molecular weight excluding hydrogens is 242 g/mol. The number of nitrogens with zero attached hydrogens (tertiary/aromatic N) is 1. The quantitative estimate of drug-likeness (QED) is 0.856. The van der Waals surface area contributed by atoms with Crippen molar-refractivity contribution in [2.75, 3.05) is 6.54 Å². The van der Waals surface area contributed by atoms with E-state index in [-0.39, 0.29) is 30.1 Å². The molecular formula is C11H18ClN3O2. The van der Waals surface area contributed by atoms with Crippen LogP contribution in [-0.2, 0) is 0 Å². The Kier molecular flexibility index (Phi) is 4.96. The first-order chi connectivity index (χ1) is 7.70. The normalized spacial score (nSPS) is 23.2. The van der Waals surface area contributed by atoms with Gasteiger partial charge in [0.15, 0.2) is 0 Å². The molecule has 96 valence electrons. The molecule has 1 aliphatic carbocycles. The monoisotopic (exact) mass is 259 g/mol. The summed E-state index contributed by atoms with van der Waals surface area (Å²) in [7, 11) is 0. The molecule has 0 aliphatic heterocycles. The topological polar surface area (TPSA) is 81.2 Å². The fourth-order valence-electron chi connectivity index (χ4n) is 2.22. The zero-order chi connectivity index (χ0) is 11.5. The third-order valence-electron chi connectivity index (χ3n) is 3.13. The fraction of sp³-hybridized carbons (Fsp3) is 0.636. The lowest BCUT2D eigenvalue weighted by atomic mass is 10.0. The molecule has 0 radical (unpaired) electrons. The molecule has 3 N–H and O–H groups in total. The Balaban J connectivity index is 0.00000144. The second-order valence-corrected chi connectivity index (χ2v) is 4.34. The maximum Gasteiger partial charge on any atom is 0.290 e. The van der Waals surface area contributed by atoms with Crippen molar-refractivity contribution >= 4 is 18.3 Å². The van der Waals surface area contributed by atoms with Gasteiger partial charge in [0.2, 0.25) is 5.76 Å². The minimum atomic E-state index is -0.189. The molecule has 1 amide bonds. The first-order valence-electron chi connectivity index (χ1n) is 5.65. The van der Waals surface area contributed by atoms with Crippen LogP contribution in [0.3, 0.4) is 0 Å². The smallest absolute Gasteiger partial charge is 0.290 e. The Bertz CT molecular complexity index is 381. The molecule has 5 nitrogen and oxygen atoms in total.